The van der Waals surface area contributed by atoms with E-state index >= 15 is 0 Å². The number of nitrogens with one attached hydrogen (secondary N) is 1. The van der Waals surface area contributed by atoms with E-state index in [1.807, 2.05) is 24.0 Å². The maximum absolute atomic E-state index is 5.03. The van der Waals surface area contributed by atoms with Crippen molar-refractivity contribution in [3.63, 3.8) is 0 Å². The van der Waals surface area contributed by atoms with E-state index in [4.69, 9.17) is 4.52 Å². The van der Waals surface area contributed by atoms with Crippen LogP contribution in [0.5, 0.6) is 0 Å². The van der Waals surface area contributed by atoms with Crippen molar-refractivity contribution in [3.8, 4) is 0 Å². The number of aromatic nitrogens is 4. The van der Waals surface area contributed by atoms with Crippen LogP contribution in [0.3, 0.4) is 0 Å². The van der Waals surface area contributed by atoms with Gasteiger partial charge in [0.25, 0.3) is 0 Å². The van der Waals surface area contributed by atoms with Crippen molar-refractivity contribution < 1.29 is 4.52 Å². The molecule has 0 aliphatic carbocycles. The fourth-order valence-corrected chi connectivity index (χ4v) is 1.55. The third-order valence-corrected chi connectivity index (χ3v) is 2.61. The highest BCUT2D eigenvalue weighted by Gasteiger charge is 2.09. The van der Waals surface area contributed by atoms with E-state index in [1.54, 1.807) is 0 Å². The van der Waals surface area contributed by atoms with E-state index in [1.165, 1.54) is 0 Å². The van der Waals surface area contributed by atoms with Crippen molar-refractivity contribution in [1.29, 1.82) is 0 Å². The van der Waals surface area contributed by atoms with Crippen molar-refractivity contribution in [2.45, 2.75) is 39.9 Å². The lowest BCUT2D eigenvalue weighted by molar-refractivity contribution is 0.357. The fraction of sp³-hybridized carbons (Fsp3) is 0.545. The predicted octanol–water partition coefficient (Wildman–Crippen LogP) is 1.45. The molecule has 0 aliphatic heterocycles. The second-order valence-electron chi connectivity index (χ2n) is 3.97. The zero-order valence-electron chi connectivity index (χ0n) is 10.3. The summed E-state index contributed by atoms with van der Waals surface area (Å²) in [5, 5.41) is 11.3. The predicted molar refractivity (Wildman–Crippen MR) is 62.2 cm³/mol. The molecule has 17 heavy (non-hydrogen) atoms. The van der Waals surface area contributed by atoms with Crippen LogP contribution in [0.25, 0.3) is 0 Å². The average Bonchev–Trinajstić information content (AvgIpc) is 2.94. The normalized spacial score (nSPS) is 12.9. The standard InChI is InChI=1S/C11H17N5O/c1-4-16-7-10(5-13-16)8(2)12-6-11-14-9(3)15-17-11/h5,7-8,12H,4,6H2,1-3H3. The van der Waals surface area contributed by atoms with Crippen LogP contribution < -0.4 is 5.32 Å². The molecular weight excluding hydrogens is 218 g/mol. The van der Waals surface area contributed by atoms with Gasteiger partial charge in [0.2, 0.25) is 5.89 Å². The van der Waals surface area contributed by atoms with Gasteiger partial charge in [0.1, 0.15) is 0 Å². The molecule has 6 nitrogen and oxygen atoms in total. The van der Waals surface area contributed by atoms with Gasteiger partial charge in [-0.05, 0) is 20.8 Å². The Kier molecular flexibility index (Phi) is 3.53. The summed E-state index contributed by atoms with van der Waals surface area (Å²) in [4.78, 5) is 4.14. The molecule has 2 aromatic heterocycles. The lowest BCUT2D eigenvalue weighted by Crippen LogP contribution is -2.17. The highest BCUT2D eigenvalue weighted by molar-refractivity contribution is 5.09. The van der Waals surface area contributed by atoms with Crippen LogP contribution >= 0.6 is 0 Å². The van der Waals surface area contributed by atoms with Gasteiger partial charge >= 0.3 is 0 Å². The van der Waals surface area contributed by atoms with Crippen LogP contribution in [0.15, 0.2) is 16.9 Å². The molecule has 0 aliphatic rings. The van der Waals surface area contributed by atoms with Gasteiger partial charge in [-0.15, -0.1) is 0 Å². The Morgan fingerprint density at radius 1 is 1.53 bits per heavy atom. The summed E-state index contributed by atoms with van der Waals surface area (Å²) in [7, 11) is 0. The Bertz CT molecular complexity index is 476. The number of aryl methyl sites for hydroxylation is 2. The summed E-state index contributed by atoms with van der Waals surface area (Å²) in [5.74, 6) is 1.27. The number of rotatable bonds is 5. The third-order valence-electron chi connectivity index (χ3n) is 2.61. The number of hydrogen-bond donors (Lipinski definition) is 1. The maximum Gasteiger partial charge on any atom is 0.240 e. The monoisotopic (exact) mass is 235 g/mol. The number of hydrogen-bond acceptors (Lipinski definition) is 5. The van der Waals surface area contributed by atoms with Gasteiger partial charge in [0.15, 0.2) is 5.82 Å². The van der Waals surface area contributed by atoms with Crippen LogP contribution in [0.4, 0.5) is 0 Å². The van der Waals surface area contributed by atoms with E-state index in [9.17, 15) is 0 Å². The van der Waals surface area contributed by atoms with Crippen molar-refractivity contribution in [2.24, 2.45) is 0 Å². The van der Waals surface area contributed by atoms with Gasteiger partial charge in [-0.3, -0.25) is 4.68 Å². The highest BCUT2D eigenvalue weighted by Crippen LogP contribution is 2.11. The largest absolute Gasteiger partial charge is 0.338 e. The van der Waals surface area contributed by atoms with Crippen LogP contribution in [0.1, 0.15) is 37.2 Å². The molecule has 1 unspecified atom stereocenters. The topological polar surface area (TPSA) is 68.8 Å². The summed E-state index contributed by atoms with van der Waals surface area (Å²) < 4.78 is 6.94. The summed E-state index contributed by atoms with van der Waals surface area (Å²) >= 11 is 0. The first kappa shape index (κ1) is 11.8. The van der Waals surface area contributed by atoms with E-state index in [0.29, 0.717) is 18.3 Å². The molecule has 0 bridgehead atoms. The van der Waals surface area contributed by atoms with Crippen LogP contribution in [-0.4, -0.2) is 19.9 Å². The van der Waals surface area contributed by atoms with E-state index < -0.39 is 0 Å². The first-order valence-electron chi connectivity index (χ1n) is 5.74. The van der Waals surface area contributed by atoms with E-state index in [2.05, 4.69) is 34.4 Å². The Balaban J connectivity index is 1.90. The molecule has 0 amide bonds. The Labute approximate surface area is 100 Å². The van der Waals surface area contributed by atoms with Crippen LogP contribution in [0.2, 0.25) is 0 Å². The lowest BCUT2D eigenvalue weighted by Gasteiger charge is -2.09. The minimum Gasteiger partial charge on any atom is -0.338 e. The minimum absolute atomic E-state index is 0.211. The molecule has 2 heterocycles. The van der Waals surface area contributed by atoms with Crippen molar-refractivity contribution in [3.05, 3.63) is 29.7 Å². The van der Waals surface area contributed by atoms with Crippen LogP contribution in [0, 0.1) is 6.92 Å². The molecule has 0 saturated carbocycles. The SMILES string of the molecule is CCn1cc(C(C)NCc2nc(C)no2)cn1. The second-order valence-corrected chi connectivity index (χ2v) is 3.97. The van der Waals surface area contributed by atoms with Gasteiger partial charge in [-0.1, -0.05) is 5.16 Å². The minimum atomic E-state index is 0.211. The average molecular weight is 235 g/mol. The molecular formula is C11H17N5O. The number of nitrogens with zero attached hydrogens (tertiary/aromatic N) is 4. The van der Waals surface area contributed by atoms with Crippen molar-refractivity contribution >= 4 is 0 Å². The lowest BCUT2D eigenvalue weighted by atomic mass is 10.2. The summed E-state index contributed by atoms with van der Waals surface area (Å²) in [6.45, 7) is 7.41. The Morgan fingerprint density at radius 3 is 2.94 bits per heavy atom. The molecule has 92 valence electrons. The molecule has 2 rings (SSSR count). The van der Waals surface area contributed by atoms with Crippen molar-refractivity contribution in [1.82, 2.24) is 25.2 Å². The first-order chi connectivity index (χ1) is 8.19. The molecule has 0 saturated heterocycles. The van der Waals surface area contributed by atoms with Gasteiger partial charge in [-0.2, -0.15) is 10.1 Å². The van der Waals surface area contributed by atoms with Gasteiger partial charge in [-0.25, -0.2) is 0 Å². The molecule has 0 aromatic carbocycles. The molecule has 1 atom stereocenters. The Morgan fingerprint density at radius 2 is 2.35 bits per heavy atom. The van der Waals surface area contributed by atoms with Gasteiger partial charge < -0.3 is 9.84 Å². The quantitative estimate of drug-likeness (QED) is 0.849. The second kappa shape index (κ2) is 5.09. The fourth-order valence-electron chi connectivity index (χ4n) is 1.55. The molecule has 6 heteroatoms. The van der Waals surface area contributed by atoms with Gasteiger partial charge in [0.05, 0.1) is 12.7 Å². The Hall–Kier alpha value is -1.69. The first-order valence-corrected chi connectivity index (χ1v) is 5.74. The summed E-state index contributed by atoms with van der Waals surface area (Å²) in [6, 6.07) is 0.211. The van der Waals surface area contributed by atoms with Gasteiger partial charge in [0, 0.05) is 24.3 Å². The maximum atomic E-state index is 5.03. The zero-order valence-corrected chi connectivity index (χ0v) is 10.3. The highest BCUT2D eigenvalue weighted by atomic mass is 16.5. The smallest absolute Gasteiger partial charge is 0.240 e. The molecule has 0 spiro atoms. The van der Waals surface area contributed by atoms with Crippen molar-refractivity contribution in [2.75, 3.05) is 0 Å². The molecule has 2 aromatic rings. The molecule has 1 N–H and O–H groups in total. The zero-order chi connectivity index (χ0) is 12.3. The molecule has 0 radical (unpaired) electrons. The summed E-state index contributed by atoms with van der Waals surface area (Å²) in [5.41, 5.74) is 1.16. The van der Waals surface area contributed by atoms with Crippen LogP contribution in [-0.2, 0) is 13.1 Å². The van der Waals surface area contributed by atoms with E-state index in [-0.39, 0.29) is 6.04 Å². The summed E-state index contributed by atoms with van der Waals surface area (Å²) in [6.07, 6.45) is 3.91. The third kappa shape index (κ3) is 2.91. The van der Waals surface area contributed by atoms with E-state index in [0.717, 1.165) is 12.1 Å². The molecule has 0 fully saturated rings.